The van der Waals surface area contributed by atoms with Gasteiger partial charge in [0.2, 0.25) is 0 Å². The number of hydrogen-bond acceptors (Lipinski definition) is 5. The smallest absolute Gasteiger partial charge is 0.259 e. The molecule has 0 bridgehead atoms. The third-order valence-corrected chi connectivity index (χ3v) is 6.10. The van der Waals surface area contributed by atoms with Crippen molar-refractivity contribution in [3.63, 3.8) is 0 Å². The second kappa shape index (κ2) is 9.92. The van der Waals surface area contributed by atoms with Crippen molar-refractivity contribution in [1.82, 2.24) is 15.0 Å². The summed E-state index contributed by atoms with van der Waals surface area (Å²) in [5, 5.41) is 7.58. The van der Waals surface area contributed by atoms with Crippen molar-refractivity contribution in [2.75, 3.05) is 17.7 Å². The largest absolute Gasteiger partial charge is 0.496 e. The second-order valence-corrected chi connectivity index (χ2v) is 8.57. The molecule has 3 aromatic heterocycles. The Kier molecular flexibility index (Phi) is 6.36. The monoisotopic (exact) mass is 477 g/mol. The third kappa shape index (κ3) is 4.63. The van der Waals surface area contributed by atoms with Crippen molar-refractivity contribution in [2.24, 2.45) is 0 Å². The number of para-hydroxylation sites is 1. The van der Waals surface area contributed by atoms with Gasteiger partial charge in [-0.05, 0) is 68.4 Å². The molecule has 0 radical (unpaired) electrons. The summed E-state index contributed by atoms with van der Waals surface area (Å²) in [6, 6.07) is 24.5. The Morgan fingerprint density at radius 1 is 0.972 bits per heavy atom. The molecule has 3 heterocycles. The number of fused-ring (bicyclic) bond motifs is 1. The molecule has 0 aliphatic rings. The summed E-state index contributed by atoms with van der Waals surface area (Å²) in [7, 11) is 1.56. The number of carbonyl (C=O) groups excluding carboxylic acids is 1. The topological polar surface area (TPSA) is 91.9 Å². The molecule has 5 aromatic rings. The minimum Gasteiger partial charge on any atom is -0.496 e. The first-order valence-corrected chi connectivity index (χ1v) is 11.7. The predicted molar refractivity (Wildman–Crippen MR) is 143 cm³/mol. The molecule has 0 unspecified atom stereocenters. The van der Waals surface area contributed by atoms with E-state index < -0.39 is 0 Å². The van der Waals surface area contributed by atoms with Crippen molar-refractivity contribution in [1.29, 1.82) is 0 Å². The third-order valence-electron chi connectivity index (χ3n) is 6.10. The molecule has 7 nitrogen and oxygen atoms in total. The summed E-state index contributed by atoms with van der Waals surface area (Å²) >= 11 is 0. The molecule has 1 amide bonds. The maximum absolute atomic E-state index is 13.0. The van der Waals surface area contributed by atoms with Crippen LogP contribution in [0.5, 0.6) is 5.75 Å². The van der Waals surface area contributed by atoms with Crippen LogP contribution in [0, 0.1) is 13.8 Å². The van der Waals surface area contributed by atoms with Crippen LogP contribution in [0.25, 0.3) is 10.9 Å². The summed E-state index contributed by atoms with van der Waals surface area (Å²) in [4.78, 5) is 25.8. The maximum Gasteiger partial charge on any atom is 0.259 e. The van der Waals surface area contributed by atoms with Gasteiger partial charge in [0.05, 0.1) is 24.4 Å². The summed E-state index contributed by atoms with van der Waals surface area (Å²) in [5.41, 5.74) is 5.98. The van der Waals surface area contributed by atoms with Crippen molar-refractivity contribution in [3.05, 3.63) is 113 Å². The number of amides is 1. The maximum atomic E-state index is 13.0. The van der Waals surface area contributed by atoms with E-state index in [2.05, 4.69) is 25.6 Å². The van der Waals surface area contributed by atoms with E-state index >= 15 is 0 Å². The van der Waals surface area contributed by atoms with Gasteiger partial charge in [-0.15, -0.1) is 0 Å². The number of nitrogens with one attached hydrogen (secondary N) is 3. The molecule has 0 fully saturated rings. The zero-order chi connectivity index (χ0) is 25.1. The number of aromatic nitrogens is 3. The summed E-state index contributed by atoms with van der Waals surface area (Å²) < 4.78 is 5.36. The van der Waals surface area contributed by atoms with Gasteiger partial charge >= 0.3 is 0 Å². The average Bonchev–Trinajstić information content (AvgIpc) is 3.22. The number of methoxy groups -OCH3 is 1. The van der Waals surface area contributed by atoms with E-state index in [0.29, 0.717) is 17.0 Å². The van der Waals surface area contributed by atoms with E-state index in [1.165, 1.54) is 0 Å². The highest BCUT2D eigenvalue weighted by molar-refractivity contribution is 6.07. The summed E-state index contributed by atoms with van der Waals surface area (Å²) in [6.07, 6.45) is 1.79. The van der Waals surface area contributed by atoms with Crippen LogP contribution in [0.2, 0.25) is 0 Å². The summed E-state index contributed by atoms with van der Waals surface area (Å²) in [5.74, 6) is 1.06. The number of H-pyrrole nitrogens is 1. The number of ether oxygens (including phenoxy) is 1. The van der Waals surface area contributed by atoms with E-state index in [-0.39, 0.29) is 11.9 Å². The Bertz CT molecular complexity index is 1530. The molecule has 0 spiro atoms. The number of benzene rings is 2. The van der Waals surface area contributed by atoms with Gasteiger partial charge in [-0.1, -0.05) is 24.3 Å². The van der Waals surface area contributed by atoms with Crippen LogP contribution < -0.4 is 15.4 Å². The highest BCUT2D eigenvalue weighted by atomic mass is 16.5. The molecule has 0 aliphatic heterocycles. The first-order valence-electron chi connectivity index (χ1n) is 11.7. The quantitative estimate of drug-likeness (QED) is 0.266. The number of rotatable bonds is 7. The SMILES string of the molecule is COc1ccccc1C(=O)Nc1ccc2[nH]c(C)c([C@@H](Nc3cccc(C)n3)c3ccccn3)c2c1. The molecule has 36 heavy (non-hydrogen) atoms. The number of carbonyl (C=O) groups is 1. The van der Waals surface area contributed by atoms with E-state index in [1.807, 2.05) is 80.6 Å². The van der Waals surface area contributed by atoms with Crippen molar-refractivity contribution >= 4 is 28.3 Å². The number of hydrogen-bond donors (Lipinski definition) is 3. The molecule has 180 valence electrons. The molecular weight excluding hydrogens is 450 g/mol. The Balaban J connectivity index is 1.56. The predicted octanol–water partition coefficient (Wildman–Crippen LogP) is 6.04. The van der Waals surface area contributed by atoms with Crippen molar-refractivity contribution in [2.45, 2.75) is 19.9 Å². The number of pyridine rings is 2. The molecule has 0 aliphatic carbocycles. The molecule has 5 rings (SSSR count). The highest BCUT2D eigenvalue weighted by Crippen LogP contribution is 2.35. The second-order valence-electron chi connectivity index (χ2n) is 8.57. The van der Waals surface area contributed by atoms with Crippen LogP contribution in [-0.2, 0) is 0 Å². The normalized spacial score (nSPS) is 11.8. The number of anilines is 2. The van der Waals surface area contributed by atoms with Gasteiger partial charge in [0.1, 0.15) is 11.6 Å². The lowest BCUT2D eigenvalue weighted by molar-refractivity contribution is 0.102. The van der Waals surface area contributed by atoms with Gasteiger partial charge < -0.3 is 20.4 Å². The van der Waals surface area contributed by atoms with Crippen LogP contribution in [-0.4, -0.2) is 28.0 Å². The molecule has 3 N–H and O–H groups in total. The molecule has 2 aromatic carbocycles. The minimum atomic E-state index is -0.255. The lowest BCUT2D eigenvalue weighted by Gasteiger charge is -2.20. The highest BCUT2D eigenvalue weighted by Gasteiger charge is 2.23. The van der Waals surface area contributed by atoms with Crippen LogP contribution in [0.1, 0.15) is 39.0 Å². The fraction of sp³-hybridized carbons (Fsp3) is 0.138. The molecule has 0 saturated carbocycles. The van der Waals surface area contributed by atoms with Gasteiger partial charge in [0.15, 0.2) is 0 Å². The lowest BCUT2D eigenvalue weighted by atomic mass is 9.99. The zero-order valence-electron chi connectivity index (χ0n) is 20.4. The lowest BCUT2D eigenvalue weighted by Crippen LogP contribution is -2.16. The van der Waals surface area contributed by atoms with Crippen LogP contribution in [0.15, 0.2) is 85.1 Å². The van der Waals surface area contributed by atoms with E-state index in [4.69, 9.17) is 4.74 Å². The first kappa shape index (κ1) is 23.1. The van der Waals surface area contributed by atoms with Gasteiger partial charge in [-0.2, -0.15) is 0 Å². The van der Waals surface area contributed by atoms with E-state index in [1.54, 1.807) is 25.4 Å². The number of aromatic amines is 1. The molecule has 0 saturated heterocycles. The first-order chi connectivity index (χ1) is 17.5. The average molecular weight is 478 g/mol. The fourth-order valence-electron chi connectivity index (χ4n) is 4.44. The molecule has 1 atom stereocenters. The van der Waals surface area contributed by atoms with Crippen LogP contribution in [0.4, 0.5) is 11.5 Å². The Morgan fingerprint density at radius 3 is 2.58 bits per heavy atom. The standard InChI is InChI=1S/C29H27N5O2/c1-18-9-8-13-26(31-18)34-28(24-11-6-7-16-30-24)27-19(2)32-23-15-14-20(17-22(23)27)33-29(35)21-10-4-5-12-25(21)36-3/h4-17,28,32H,1-3H3,(H,31,34)(H,33,35)/t28-/m0/s1. The van der Waals surface area contributed by atoms with E-state index in [0.717, 1.165) is 39.4 Å². The molecule has 7 heteroatoms. The van der Waals surface area contributed by atoms with Crippen LogP contribution >= 0.6 is 0 Å². The van der Waals surface area contributed by atoms with Gasteiger partial charge in [0, 0.05) is 39.7 Å². The van der Waals surface area contributed by atoms with Crippen LogP contribution in [0.3, 0.4) is 0 Å². The van der Waals surface area contributed by atoms with Gasteiger partial charge in [0.25, 0.3) is 5.91 Å². The Morgan fingerprint density at radius 2 is 1.81 bits per heavy atom. The number of aryl methyl sites for hydroxylation is 2. The minimum absolute atomic E-state index is 0.232. The fourth-order valence-corrected chi connectivity index (χ4v) is 4.44. The molecular formula is C29H27N5O2. The number of nitrogens with zero attached hydrogens (tertiary/aromatic N) is 2. The Labute approximate surface area is 209 Å². The Hall–Kier alpha value is -4.65. The zero-order valence-corrected chi connectivity index (χ0v) is 20.4. The van der Waals surface area contributed by atoms with E-state index in [9.17, 15) is 4.79 Å². The van der Waals surface area contributed by atoms with Crippen molar-refractivity contribution < 1.29 is 9.53 Å². The summed E-state index contributed by atoms with van der Waals surface area (Å²) in [6.45, 7) is 4.01. The van der Waals surface area contributed by atoms with Crippen molar-refractivity contribution in [3.8, 4) is 5.75 Å². The van der Waals surface area contributed by atoms with Gasteiger partial charge in [-0.3, -0.25) is 9.78 Å². The van der Waals surface area contributed by atoms with Gasteiger partial charge in [-0.25, -0.2) is 4.98 Å².